The summed E-state index contributed by atoms with van der Waals surface area (Å²) < 4.78 is 0. The standard InChI is InChI=1S/C14H29N3/c1-6-14(12-15,16-5)9-8-10-17(7-2)11-13(3)4/h13,16H,6-11H2,1-5H3. The van der Waals surface area contributed by atoms with Crippen LogP contribution in [0.25, 0.3) is 0 Å². The van der Waals surface area contributed by atoms with Crippen LogP contribution >= 0.6 is 0 Å². The molecular formula is C14H29N3. The summed E-state index contributed by atoms with van der Waals surface area (Å²) in [5.41, 5.74) is -0.322. The van der Waals surface area contributed by atoms with Crippen molar-refractivity contribution in [2.24, 2.45) is 5.92 Å². The Bertz CT molecular complexity index is 226. The predicted molar refractivity (Wildman–Crippen MR) is 73.9 cm³/mol. The highest BCUT2D eigenvalue weighted by Crippen LogP contribution is 2.16. The third-order valence-electron chi connectivity index (χ3n) is 3.44. The maximum absolute atomic E-state index is 9.22. The molecule has 100 valence electrons. The van der Waals surface area contributed by atoms with Crippen molar-refractivity contribution in [3.63, 3.8) is 0 Å². The molecule has 1 unspecified atom stereocenters. The van der Waals surface area contributed by atoms with Gasteiger partial charge in [-0.3, -0.25) is 0 Å². The Balaban J connectivity index is 4.07. The molecule has 0 aromatic carbocycles. The summed E-state index contributed by atoms with van der Waals surface area (Å²) in [5, 5.41) is 12.4. The van der Waals surface area contributed by atoms with Gasteiger partial charge in [0.2, 0.25) is 0 Å². The van der Waals surface area contributed by atoms with Crippen LogP contribution in [0.5, 0.6) is 0 Å². The normalized spacial score (nSPS) is 14.9. The summed E-state index contributed by atoms with van der Waals surface area (Å²) >= 11 is 0. The second-order valence-corrected chi connectivity index (χ2v) is 5.19. The van der Waals surface area contributed by atoms with Gasteiger partial charge in [0.05, 0.1) is 6.07 Å². The molecule has 0 rings (SSSR count). The zero-order valence-electron chi connectivity index (χ0n) is 12.2. The fourth-order valence-corrected chi connectivity index (χ4v) is 2.17. The van der Waals surface area contributed by atoms with Crippen molar-refractivity contribution in [2.45, 2.75) is 52.5 Å². The highest BCUT2D eigenvalue weighted by atomic mass is 15.1. The van der Waals surface area contributed by atoms with Crippen molar-refractivity contribution in [1.29, 1.82) is 5.26 Å². The van der Waals surface area contributed by atoms with Crippen LogP contribution in [0.1, 0.15) is 47.0 Å². The molecule has 0 aliphatic heterocycles. The van der Waals surface area contributed by atoms with Gasteiger partial charge in [0.1, 0.15) is 5.54 Å². The van der Waals surface area contributed by atoms with E-state index in [1.54, 1.807) is 0 Å². The minimum atomic E-state index is -0.322. The van der Waals surface area contributed by atoms with Crippen LogP contribution < -0.4 is 5.32 Å². The summed E-state index contributed by atoms with van der Waals surface area (Å²) in [6.45, 7) is 12.1. The van der Waals surface area contributed by atoms with Crippen LogP contribution in [0.15, 0.2) is 0 Å². The molecule has 0 saturated heterocycles. The quantitative estimate of drug-likeness (QED) is 0.672. The first-order valence-corrected chi connectivity index (χ1v) is 6.86. The van der Waals surface area contributed by atoms with Gasteiger partial charge in [0.15, 0.2) is 0 Å². The van der Waals surface area contributed by atoms with E-state index >= 15 is 0 Å². The zero-order chi connectivity index (χ0) is 13.3. The van der Waals surface area contributed by atoms with Gasteiger partial charge in [-0.25, -0.2) is 0 Å². The average Bonchev–Trinajstić information content (AvgIpc) is 2.33. The lowest BCUT2D eigenvalue weighted by atomic mass is 9.92. The molecule has 1 N–H and O–H groups in total. The Hall–Kier alpha value is -0.590. The van der Waals surface area contributed by atoms with Gasteiger partial charge < -0.3 is 10.2 Å². The molecule has 0 bridgehead atoms. The van der Waals surface area contributed by atoms with Gasteiger partial charge in [-0.15, -0.1) is 0 Å². The van der Waals surface area contributed by atoms with Gasteiger partial charge in [-0.2, -0.15) is 5.26 Å². The van der Waals surface area contributed by atoms with Crippen molar-refractivity contribution in [3.8, 4) is 6.07 Å². The van der Waals surface area contributed by atoms with Crippen LogP contribution in [0, 0.1) is 17.2 Å². The lowest BCUT2D eigenvalue weighted by molar-refractivity contribution is 0.241. The maximum atomic E-state index is 9.22. The van der Waals surface area contributed by atoms with Gasteiger partial charge in [-0.1, -0.05) is 27.7 Å². The summed E-state index contributed by atoms with van der Waals surface area (Å²) in [4.78, 5) is 2.47. The van der Waals surface area contributed by atoms with Gasteiger partial charge in [0, 0.05) is 6.54 Å². The lowest BCUT2D eigenvalue weighted by Gasteiger charge is -2.27. The maximum Gasteiger partial charge on any atom is 0.106 e. The molecule has 1 atom stereocenters. The SMILES string of the molecule is CCN(CCCC(C#N)(CC)NC)CC(C)C. The highest BCUT2D eigenvalue weighted by molar-refractivity contribution is 5.05. The number of nitrogens with one attached hydrogen (secondary N) is 1. The van der Waals surface area contributed by atoms with Crippen LogP contribution in [-0.2, 0) is 0 Å². The minimum Gasteiger partial charge on any atom is -0.303 e. The van der Waals surface area contributed by atoms with Crippen molar-refractivity contribution in [3.05, 3.63) is 0 Å². The third kappa shape index (κ3) is 6.05. The van der Waals surface area contributed by atoms with Crippen molar-refractivity contribution >= 4 is 0 Å². The monoisotopic (exact) mass is 239 g/mol. The molecule has 0 saturated carbocycles. The Labute approximate surface area is 107 Å². The molecular weight excluding hydrogens is 210 g/mol. The van der Waals surface area contributed by atoms with Gasteiger partial charge >= 0.3 is 0 Å². The number of hydrogen-bond acceptors (Lipinski definition) is 3. The minimum absolute atomic E-state index is 0.322. The highest BCUT2D eigenvalue weighted by Gasteiger charge is 2.24. The molecule has 0 aliphatic rings. The first-order valence-electron chi connectivity index (χ1n) is 6.86. The molecule has 0 spiro atoms. The summed E-state index contributed by atoms with van der Waals surface area (Å²) in [5.74, 6) is 0.714. The van der Waals surface area contributed by atoms with E-state index in [1.165, 1.54) is 0 Å². The molecule has 0 aliphatic carbocycles. The van der Waals surface area contributed by atoms with Crippen molar-refractivity contribution < 1.29 is 0 Å². The topological polar surface area (TPSA) is 39.1 Å². The fourth-order valence-electron chi connectivity index (χ4n) is 2.17. The Morgan fingerprint density at radius 1 is 1.35 bits per heavy atom. The van der Waals surface area contributed by atoms with E-state index in [4.69, 9.17) is 0 Å². The molecule has 0 radical (unpaired) electrons. The van der Waals surface area contributed by atoms with Crippen molar-refractivity contribution in [2.75, 3.05) is 26.7 Å². The third-order valence-corrected chi connectivity index (χ3v) is 3.44. The lowest BCUT2D eigenvalue weighted by Crippen LogP contribution is -2.41. The number of nitrogens with zero attached hydrogens (tertiary/aromatic N) is 2. The van der Waals surface area contributed by atoms with E-state index in [-0.39, 0.29) is 5.54 Å². The second kappa shape index (κ2) is 8.49. The summed E-state index contributed by atoms with van der Waals surface area (Å²) in [6, 6.07) is 2.42. The van der Waals surface area contributed by atoms with Gasteiger partial charge in [0.25, 0.3) is 0 Å². The Morgan fingerprint density at radius 3 is 2.35 bits per heavy atom. The van der Waals surface area contributed by atoms with E-state index in [9.17, 15) is 5.26 Å². The molecule has 0 heterocycles. The van der Waals surface area contributed by atoms with E-state index in [0.29, 0.717) is 5.92 Å². The summed E-state index contributed by atoms with van der Waals surface area (Å²) in [7, 11) is 1.89. The average molecular weight is 239 g/mol. The molecule has 17 heavy (non-hydrogen) atoms. The second-order valence-electron chi connectivity index (χ2n) is 5.19. The number of rotatable bonds is 9. The van der Waals surface area contributed by atoms with E-state index in [0.717, 1.165) is 38.9 Å². The Kier molecular flexibility index (Phi) is 8.20. The first-order chi connectivity index (χ1) is 8.03. The van der Waals surface area contributed by atoms with Crippen LogP contribution in [0.3, 0.4) is 0 Å². The molecule has 3 nitrogen and oxygen atoms in total. The Morgan fingerprint density at radius 2 is 2.00 bits per heavy atom. The van der Waals surface area contributed by atoms with Crippen LogP contribution in [-0.4, -0.2) is 37.1 Å². The van der Waals surface area contributed by atoms with Gasteiger partial charge in [-0.05, 0) is 45.3 Å². The molecule has 0 aromatic heterocycles. The van der Waals surface area contributed by atoms with Crippen LogP contribution in [0.2, 0.25) is 0 Å². The van der Waals surface area contributed by atoms with Crippen molar-refractivity contribution in [1.82, 2.24) is 10.2 Å². The molecule has 3 heteroatoms. The number of nitriles is 1. The molecule has 0 fully saturated rings. The fraction of sp³-hybridized carbons (Fsp3) is 0.929. The van der Waals surface area contributed by atoms with E-state index in [2.05, 4.69) is 44.0 Å². The predicted octanol–water partition coefficient (Wildman–Crippen LogP) is 2.64. The molecule has 0 amide bonds. The smallest absolute Gasteiger partial charge is 0.106 e. The van der Waals surface area contributed by atoms with E-state index < -0.39 is 0 Å². The number of hydrogen-bond donors (Lipinski definition) is 1. The first kappa shape index (κ1) is 16.4. The zero-order valence-corrected chi connectivity index (χ0v) is 12.2. The summed E-state index contributed by atoms with van der Waals surface area (Å²) in [6.07, 6.45) is 2.89. The van der Waals surface area contributed by atoms with E-state index in [1.807, 2.05) is 7.05 Å². The largest absolute Gasteiger partial charge is 0.303 e. The van der Waals surface area contributed by atoms with Crippen LogP contribution in [0.4, 0.5) is 0 Å². The molecule has 0 aromatic rings.